The fraction of sp³-hybridized carbons (Fsp3) is 0.529. The van der Waals surface area contributed by atoms with E-state index in [1.807, 2.05) is 12.1 Å². The van der Waals surface area contributed by atoms with Crippen LogP contribution in [0.5, 0.6) is 0 Å². The number of hydrogen-bond acceptors (Lipinski definition) is 7. The predicted molar refractivity (Wildman–Crippen MR) is 102 cm³/mol. The molecule has 3 rings (SSSR count). The number of anilines is 1. The van der Waals surface area contributed by atoms with Gasteiger partial charge in [-0.25, -0.2) is 10.2 Å². The molecule has 0 spiro atoms. The SMILES string of the molecule is CC1(C)NC(=O)N(CCC(=O)N/N=C\c2ccc(N3CCOCC3)s2)C1=O. The zero-order valence-electron chi connectivity index (χ0n) is 15.4. The summed E-state index contributed by atoms with van der Waals surface area (Å²) in [5, 5.41) is 7.67. The van der Waals surface area contributed by atoms with Crippen LogP contribution >= 0.6 is 11.3 Å². The molecule has 2 aliphatic heterocycles. The summed E-state index contributed by atoms with van der Waals surface area (Å²) in [4.78, 5) is 40.0. The van der Waals surface area contributed by atoms with Crippen molar-refractivity contribution in [1.82, 2.24) is 15.6 Å². The first-order valence-electron chi connectivity index (χ1n) is 8.75. The first-order chi connectivity index (χ1) is 12.9. The Balaban J connectivity index is 1.44. The van der Waals surface area contributed by atoms with Gasteiger partial charge in [0.2, 0.25) is 5.91 Å². The van der Waals surface area contributed by atoms with Gasteiger partial charge in [0, 0.05) is 30.9 Å². The summed E-state index contributed by atoms with van der Waals surface area (Å²) in [6.45, 7) is 6.47. The second-order valence-electron chi connectivity index (χ2n) is 6.83. The highest BCUT2D eigenvalue weighted by molar-refractivity contribution is 7.17. The maximum Gasteiger partial charge on any atom is 0.325 e. The van der Waals surface area contributed by atoms with E-state index in [-0.39, 0.29) is 24.8 Å². The molecule has 10 heteroatoms. The molecular weight excluding hydrogens is 370 g/mol. The Hall–Kier alpha value is -2.46. The maximum absolute atomic E-state index is 12.1. The van der Waals surface area contributed by atoms with E-state index in [1.54, 1.807) is 31.4 Å². The van der Waals surface area contributed by atoms with Crippen LogP contribution in [0.3, 0.4) is 0 Å². The van der Waals surface area contributed by atoms with Gasteiger partial charge in [-0.05, 0) is 26.0 Å². The van der Waals surface area contributed by atoms with Crippen molar-refractivity contribution in [1.29, 1.82) is 0 Å². The molecule has 1 aromatic heterocycles. The fourth-order valence-electron chi connectivity index (χ4n) is 2.82. The van der Waals surface area contributed by atoms with E-state index in [0.717, 1.165) is 41.1 Å². The molecule has 4 amide bonds. The normalized spacial score (nSPS) is 19.6. The molecule has 9 nitrogen and oxygen atoms in total. The fourth-order valence-corrected chi connectivity index (χ4v) is 3.75. The van der Waals surface area contributed by atoms with Gasteiger partial charge in [-0.1, -0.05) is 0 Å². The number of carbonyl (C=O) groups excluding carboxylic acids is 3. The van der Waals surface area contributed by atoms with Crippen molar-refractivity contribution in [2.24, 2.45) is 5.10 Å². The van der Waals surface area contributed by atoms with E-state index in [1.165, 1.54) is 0 Å². The monoisotopic (exact) mass is 393 g/mol. The van der Waals surface area contributed by atoms with Gasteiger partial charge in [-0.15, -0.1) is 11.3 Å². The van der Waals surface area contributed by atoms with E-state index < -0.39 is 11.6 Å². The average molecular weight is 393 g/mol. The second kappa shape index (κ2) is 8.05. The molecule has 0 unspecified atom stereocenters. The third-order valence-electron chi connectivity index (χ3n) is 4.32. The largest absolute Gasteiger partial charge is 0.378 e. The van der Waals surface area contributed by atoms with Crippen LogP contribution in [0.15, 0.2) is 17.2 Å². The second-order valence-corrected chi connectivity index (χ2v) is 7.92. The highest BCUT2D eigenvalue weighted by atomic mass is 32.1. The van der Waals surface area contributed by atoms with Crippen molar-refractivity contribution in [3.05, 3.63) is 17.0 Å². The topological polar surface area (TPSA) is 103 Å². The van der Waals surface area contributed by atoms with Crippen molar-refractivity contribution >= 4 is 40.4 Å². The molecule has 27 heavy (non-hydrogen) atoms. The smallest absolute Gasteiger partial charge is 0.325 e. The standard InChI is InChI=1S/C17H23N5O4S/c1-17(2)15(24)22(16(25)19-17)6-5-13(23)20-18-11-12-3-4-14(27-12)21-7-9-26-10-8-21/h3-4,11H,5-10H2,1-2H3,(H,19,25)(H,20,23)/b18-11-. The van der Waals surface area contributed by atoms with E-state index in [9.17, 15) is 14.4 Å². The quantitative estimate of drug-likeness (QED) is 0.422. The lowest BCUT2D eigenvalue weighted by Crippen LogP contribution is -2.40. The summed E-state index contributed by atoms with van der Waals surface area (Å²) < 4.78 is 5.34. The molecule has 0 saturated carbocycles. The third-order valence-corrected chi connectivity index (χ3v) is 5.40. The Labute approximate surface area is 161 Å². The minimum absolute atomic E-state index is 0.00392. The highest BCUT2D eigenvalue weighted by Crippen LogP contribution is 2.25. The van der Waals surface area contributed by atoms with E-state index in [0.29, 0.717) is 0 Å². The van der Waals surface area contributed by atoms with Crippen LogP contribution in [0.2, 0.25) is 0 Å². The summed E-state index contributed by atoms with van der Waals surface area (Å²) in [6.07, 6.45) is 1.58. The molecule has 2 N–H and O–H groups in total. The number of ether oxygens (including phenoxy) is 1. The lowest BCUT2D eigenvalue weighted by Gasteiger charge is -2.27. The molecule has 146 valence electrons. The van der Waals surface area contributed by atoms with Crippen molar-refractivity contribution in [3.63, 3.8) is 0 Å². The van der Waals surface area contributed by atoms with Gasteiger partial charge in [0.05, 0.1) is 24.4 Å². The predicted octanol–water partition coefficient (Wildman–Crippen LogP) is 0.755. The number of thiophene rings is 1. The number of imide groups is 1. The number of nitrogens with one attached hydrogen (secondary N) is 2. The van der Waals surface area contributed by atoms with E-state index in [4.69, 9.17) is 4.74 Å². The first kappa shape index (κ1) is 19.3. The summed E-state index contributed by atoms with van der Waals surface area (Å²) in [5.74, 6) is -0.695. The third kappa shape index (κ3) is 4.64. The zero-order chi connectivity index (χ0) is 19.4. The molecule has 0 aliphatic carbocycles. The minimum atomic E-state index is -0.928. The zero-order valence-corrected chi connectivity index (χ0v) is 16.2. The number of urea groups is 1. The van der Waals surface area contributed by atoms with E-state index in [2.05, 4.69) is 20.7 Å². The Morgan fingerprint density at radius 2 is 2.11 bits per heavy atom. The first-order valence-corrected chi connectivity index (χ1v) is 9.57. The van der Waals surface area contributed by atoms with Gasteiger partial charge in [-0.3, -0.25) is 14.5 Å². The molecule has 2 fully saturated rings. The molecule has 2 aliphatic rings. The van der Waals surface area contributed by atoms with Crippen molar-refractivity contribution in [2.45, 2.75) is 25.8 Å². The van der Waals surface area contributed by atoms with Gasteiger partial charge in [0.1, 0.15) is 5.54 Å². The maximum atomic E-state index is 12.1. The van der Waals surface area contributed by atoms with Crippen LogP contribution in [0.1, 0.15) is 25.1 Å². The molecule has 3 heterocycles. The number of rotatable bonds is 6. The number of amides is 4. The van der Waals surface area contributed by atoms with Crippen LogP contribution < -0.4 is 15.6 Å². The molecule has 2 saturated heterocycles. The van der Waals surface area contributed by atoms with Gasteiger partial charge in [0.15, 0.2) is 0 Å². The molecule has 0 aromatic carbocycles. The number of hydrazone groups is 1. The average Bonchev–Trinajstić information content (AvgIpc) is 3.17. The lowest BCUT2D eigenvalue weighted by molar-refractivity contribution is -0.130. The summed E-state index contributed by atoms with van der Waals surface area (Å²) in [7, 11) is 0. The Morgan fingerprint density at radius 1 is 1.37 bits per heavy atom. The van der Waals surface area contributed by atoms with Gasteiger partial charge >= 0.3 is 6.03 Å². The molecule has 1 aromatic rings. The Morgan fingerprint density at radius 3 is 2.78 bits per heavy atom. The van der Waals surface area contributed by atoms with Crippen molar-refractivity contribution < 1.29 is 19.1 Å². The molecule has 0 radical (unpaired) electrons. The number of hydrogen-bond donors (Lipinski definition) is 2. The van der Waals surface area contributed by atoms with Crippen molar-refractivity contribution in [2.75, 3.05) is 37.7 Å². The van der Waals surface area contributed by atoms with Crippen molar-refractivity contribution in [3.8, 4) is 0 Å². The van der Waals surface area contributed by atoms with Crippen LogP contribution in [0.4, 0.5) is 9.80 Å². The van der Waals surface area contributed by atoms with E-state index >= 15 is 0 Å². The van der Waals surface area contributed by atoms with Crippen LogP contribution in [-0.2, 0) is 14.3 Å². The van der Waals surface area contributed by atoms with Gasteiger partial charge in [0.25, 0.3) is 5.91 Å². The van der Waals surface area contributed by atoms with Gasteiger partial charge in [-0.2, -0.15) is 5.10 Å². The Bertz CT molecular complexity index is 754. The molecular formula is C17H23N5O4S. The molecule has 0 bridgehead atoms. The summed E-state index contributed by atoms with van der Waals surface area (Å²) in [6, 6.07) is 3.49. The van der Waals surface area contributed by atoms with Crippen LogP contribution in [0, 0.1) is 0 Å². The summed E-state index contributed by atoms with van der Waals surface area (Å²) >= 11 is 1.59. The van der Waals surface area contributed by atoms with Gasteiger partial charge < -0.3 is 15.0 Å². The summed E-state index contributed by atoms with van der Waals surface area (Å²) in [5.41, 5.74) is 1.50. The Kier molecular flexibility index (Phi) is 5.76. The van der Waals surface area contributed by atoms with Crippen LogP contribution in [0.25, 0.3) is 0 Å². The minimum Gasteiger partial charge on any atom is -0.378 e. The number of carbonyl (C=O) groups is 3. The van der Waals surface area contributed by atoms with Crippen LogP contribution in [-0.4, -0.2) is 67.3 Å². The number of morpholine rings is 1. The number of nitrogens with zero attached hydrogens (tertiary/aromatic N) is 3. The molecule has 0 atom stereocenters. The highest BCUT2D eigenvalue weighted by Gasteiger charge is 2.43. The lowest BCUT2D eigenvalue weighted by atomic mass is 10.1.